The van der Waals surface area contributed by atoms with Crippen LogP contribution in [-0.4, -0.2) is 137 Å². The van der Waals surface area contributed by atoms with E-state index in [1.807, 2.05) is 0 Å². The van der Waals surface area contributed by atoms with Crippen LogP contribution in [0.1, 0.15) is 182 Å². The van der Waals surface area contributed by atoms with E-state index in [2.05, 4.69) is 270 Å². The topological polar surface area (TPSA) is 189 Å². The summed E-state index contributed by atoms with van der Waals surface area (Å²) in [7, 11) is -9.40. The molecular weight excluding hydrogens is 1460 g/mol. The highest BCUT2D eigenvalue weighted by atomic mass is 32.2. The fourth-order valence-corrected chi connectivity index (χ4v) is 18.2. The number of nitrogens with one attached hydrogen (secondary N) is 2. The average Bonchev–Trinajstić information content (AvgIpc) is 0.733. The Labute approximate surface area is 679 Å². The van der Waals surface area contributed by atoms with Crippen molar-refractivity contribution in [3.8, 4) is 0 Å². The van der Waals surface area contributed by atoms with E-state index in [1.54, 1.807) is 69.3 Å². The second-order valence-corrected chi connectivity index (χ2v) is 31.6. The standard InChI is InChI=1S/2C32H44N3.C32H30N2O8S2/c2*1-8-33(9-2)28-18-14-26(15-19-28)32(27-16-20-29(21-17-27)34(10-3)11-4)31-23-22-30(24-25(31)7)35(12-5)13-6;1-15-13-17(3)31(43(37,38)39)19(5)27(15)33-23-11-12-24(26-25(23)29(35)21-9-7-8-10-22(21)30(26)36)34-28-16(2)14-18(4)32(20(28)6)44(40,41)42/h2*14-24H,8-13H2,1-7H3;7-14,33-34H,1-6H3,(H,37,38,39)(H,40,41,42)/q2*+1;/p-1. The first-order chi connectivity index (χ1) is 54.4. The van der Waals surface area contributed by atoms with Gasteiger partial charge in [-0.15, -0.1) is 0 Å². The zero-order chi connectivity index (χ0) is 83.2. The summed E-state index contributed by atoms with van der Waals surface area (Å²) in [5.41, 5.74) is 24.3. The summed E-state index contributed by atoms with van der Waals surface area (Å²) in [6.45, 7) is 52.9. The molecule has 0 saturated carbocycles. The van der Waals surface area contributed by atoms with E-state index < -0.39 is 31.8 Å². The quantitative estimate of drug-likeness (QED) is 0.0343. The molecule has 0 spiro atoms. The van der Waals surface area contributed by atoms with Crippen LogP contribution in [-0.2, 0) is 20.2 Å². The molecule has 16 nitrogen and oxygen atoms in total. The number of hydrogen-bond acceptors (Lipinski definition) is 13. The van der Waals surface area contributed by atoms with Gasteiger partial charge in [0.05, 0.1) is 27.4 Å². The SMILES string of the molecule is CCN(CC)c1ccc(C(=C2C=CC(=[N+](CC)CC)C=C2)c2ccc(N(CC)CC)cc2C)cc1.CCN(CC)c1ccc(C(=C2C=CC(=[N+](CC)CC)C=C2)c2ccc(N(CC)CC)cc2C)cc1.Cc1cc(C)c(S(=O)(=O)[O-])c(C)c1Nc1ccc(Nc2c(C)cc(C)c(S(=O)(=O)O)c2C)c2c1C(=O)c1ccccc1C2=O. The zero-order valence-electron chi connectivity index (χ0n) is 70.6. The van der Waals surface area contributed by atoms with Crippen molar-refractivity contribution >= 4 is 99.9 Å². The zero-order valence-corrected chi connectivity index (χ0v) is 72.2. The lowest BCUT2D eigenvalue weighted by molar-refractivity contribution is -0.519. The molecule has 0 heterocycles. The van der Waals surface area contributed by atoms with Crippen molar-refractivity contribution in [1.82, 2.24) is 0 Å². The first-order valence-corrected chi connectivity index (χ1v) is 43.2. The van der Waals surface area contributed by atoms with Crippen LogP contribution in [0.25, 0.3) is 11.1 Å². The normalized spacial score (nSPS) is 12.9. The van der Waals surface area contributed by atoms with Crippen molar-refractivity contribution in [2.75, 3.05) is 109 Å². The number of anilines is 8. The molecule has 0 aromatic heterocycles. The molecule has 114 heavy (non-hydrogen) atoms. The molecule has 3 aliphatic carbocycles. The average molecular weight is 1580 g/mol. The lowest BCUT2D eigenvalue weighted by Gasteiger charge is -2.26. The van der Waals surface area contributed by atoms with E-state index in [9.17, 15) is 35.5 Å². The summed E-state index contributed by atoms with van der Waals surface area (Å²) >= 11 is 0. The second-order valence-electron chi connectivity index (χ2n) is 28.9. The molecule has 0 fully saturated rings. The fourth-order valence-electron chi connectivity index (χ4n) is 16.3. The number of ketones is 2. The van der Waals surface area contributed by atoms with E-state index in [1.165, 1.54) is 111 Å². The molecule has 0 amide bonds. The molecule has 3 aliphatic rings. The monoisotopic (exact) mass is 1570 g/mol. The summed E-state index contributed by atoms with van der Waals surface area (Å²) in [4.78, 5) is 37.0. The molecule has 0 atom stereocenters. The highest BCUT2D eigenvalue weighted by molar-refractivity contribution is 7.86. The maximum atomic E-state index is 14.0. The Hall–Kier alpha value is -10.5. The summed E-state index contributed by atoms with van der Waals surface area (Å²) in [6, 6.07) is 44.7. The predicted molar refractivity (Wildman–Crippen MR) is 476 cm³/mol. The maximum Gasteiger partial charge on any atom is 0.295 e. The van der Waals surface area contributed by atoms with Crippen LogP contribution in [0.15, 0.2) is 203 Å². The first kappa shape index (κ1) is 87.5. The third kappa shape index (κ3) is 19.1. The molecule has 11 rings (SSSR count). The second kappa shape index (κ2) is 38.6. The Morgan fingerprint density at radius 1 is 0.377 bits per heavy atom. The Morgan fingerprint density at radius 2 is 0.684 bits per heavy atom. The van der Waals surface area contributed by atoms with E-state index in [0.29, 0.717) is 28.1 Å². The van der Waals surface area contributed by atoms with Crippen LogP contribution in [0.2, 0.25) is 0 Å². The lowest BCUT2D eigenvalue weighted by Crippen LogP contribution is -2.24. The van der Waals surface area contributed by atoms with Crippen molar-refractivity contribution < 1.29 is 44.7 Å². The number of benzene rings is 8. The number of carbonyl (C=O) groups excluding carboxylic acids is 2. The minimum Gasteiger partial charge on any atom is -0.744 e. The molecule has 600 valence electrons. The number of rotatable bonds is 26. The maximum absolute atomic E-state index is 14.0. The summed E-state index contributed by atoms with van der Waals surface area (Å²) in [6.07, 6.45) is 18.2. The number of fused-ring (bicyclic) bond motifs is 2. The van der Waals surface area contributed by atoms with E-state index >= 15 is 0 Å². The molecule has 0 saturated heterocycles. The molecule has 0 unspecified atom stereocenters. The van der Waals surface area contributed by atoms with Crippen molar-refractivity contribution in [2.24, 2.45) is 0 Å². The molecule has 18 heteroatoms. The van der Waals surface area contributed by atoms with Crippen LogP contribution >= 0.6 is 0 Å². The van der Waals surface area contributed by atoms with Crippen LogP contribution in [0, 0.1) is 55.4 Å². The minimum atomic E-state index is -4.82. The van der Waals surface area contributed by atoms with E-state index in [-0.39, 0.29) is 60.1 Å². The van der Waals surface area contributed by atoms with E-state index in [0.717, 1.165) is 78.5 Å². The van der Waals surface area contributed by atoms with Crippen molar-refractivity contribution in [3.63, 3.8) is 0 Å². The summed E-state index contributed by atoms with van der Waals surface area (Å²) in [5, 5.41) is 6.27. The Kier molecular flexibility index (Phi) is 29.6. The Bertz CT molecular complexity index is 5050. The highest BCUT2D eigenvalue weighted by Gasteiger charge is 2.35. The Balaban J connectivity index is 0.000000198. The number of aryl methyl sites for hydroxylation is 6. The van der Waals surface area contributed by atoms with E-state index in [4.69, 9.17) is 0 Å². The molecular formula is C96H117N8O8S2+. The van der Waals surface area contributed by atoms with Gasteiger partial charge < -0.3 is 34.8 Å². The molecule has 3 N–H and O–H groups in total. The minimum absolute atomic E-state index is 0.0158. The van der Waals surface area contributed by atoms with Gasteiger partial charge in [0.2, 0.25) is 0 Å². The smallest absolute Gasteiger partial charge is 0.295 e. The first-order valence-electron chi connectivity index (χ1n) is 40.4. The van der Waals surface area contributed by atoms with Gasteiger partial charge in [-0.2, -0.15) is 8.42 Å². The predicted octanol–water partition coefficient (Wildman–Crippen LogP) is 20.2. The molecule has 0 aliphatic heterocycles. The molecule has 8 aromatic carbocycles. The van der Waals surface area contributed by atoms with Gasteiger partial charge >= 0.3 is 0 Å². The molecule has 0 bridgehead atoms. The summed E-state index contributed by atoms with van der Waals surface area (Å²) < 4.78 is 75.4. The van der Waals surface area contributed by atoms with Gasteiger partial charge in [0, 0.05) is 122 Å². The number of hydrogen-bond donors (Lipinski definition) is 3. The van der Waals surface area contributed by atoms with Crippen LogP contribution < -0.4 is 30.2 Å². The van der Waals surface area contributed by atoms with Crippen molar-refractivity contribution in [3.05, 3.63) is 282 Å². The van der Waals surface area contributed by atoms with Gasteiger partial charge in [-0.1, -0.05) is 72.8 Å². The third-order valence-corrected chi connectivity index (χ3v) is 24.5. The van der Waals surface area contributed by atoms with Gasteiger partial charge in [0.1, 0.15) is 41.2 Å². The van der Waals surface area contributed by atoms with Crippen molar-refractivity contribution in [1.29, 1.82) is 0 Å². The largest absolute Gasteiger partial charge is 0.744 e. The van der Waals surface area contributed by atoms with Crippen LogP contribution in [0.3, 0.4) is 0 Å². The Morgan fingerprint density at radius 3 is 0.982 bits per heavy atom. The van der Waals surface area contributed by atoms with Gasteiger partial charge in [0.25, 0.3) is 10.1 Å². The molecule has 8 aromatic rings. The number of nitrogens with zero attached hydrogens (tertiary/aromatic N) is 6. The third-order valence-electron chi connectivity index (χ3n) is 22.3. The van der Waals surface area contributed by atoms with Gasteiger partial charge in [-0.3, -0.25) is 14.1 Å². The highest BCUT2D eigenvalue weighted by Crippen LogP contribution is 2.44. The number of allylic oxidation sites excluding steroid dienone is 10. The number of carbonyl (C=O) groups is 2. The van der Waals surface area contributed by atoms with Gasteiger partial charge in [-0.25, -0.2) is 17.6 Å². The molecule has 0 radical (unpaired) electrons. The van der Waals surface area contributed by atoms with Crippen LogP contribution in [0.5, 0.6) is 0 Å². The summed E-state index contributed by atoms with van der Waals surface area (Å²) in [5.74, 6) is -0.921. The lowest BCUT2D eigenvalue weighted by atomic mass is 9.82. The van der Waals surface area contributed by atoms with Crippen LogP contribution in [0.4, 0.5) is 45.5 Å². The van der Waals surface area contributed by atoms with Gasteiger partial charge in [-0.05, 0) is 312 Å². The van der Waals surface area contributed by atoms with Gasteiger partial charge in [0.15, 0.2) is 23.0 Å². The van der Waals surface area contributed by atoms with Crippen molar-refractivity contribution in [2.45, 2.75) is 148 Å². The fraction of sp³-hybridized carbons (Fsp3) is 0.333.